The molecule has 0 saturated heterocycles. The number of rotatable bonds is 11. The number of aliphatic hydroxyl groups excluding tert-OH is 1. The number of carbonyl (C=O) groups excluding carboxylic acids is 2. The van der Waals surface area contributed by atoms with Gasteiger partial charge in [-0.1, -0.05) is 0 Å². The standard InChI is InChI=1S/C20H22O10P2/c21-6-8-28-12-31(24)30-14-3-5-16-18(11-14)20(23)15-4-2-13(10-17(15)19(16)22)29-7-1-9-32(25,26)27/h2-5,10-11,21,24H,1,6-9,12H2,(H2,25,26,27). The van der Waals surface area contributed by atoms with Crippen LogP contribution in [-0.2, 0) is 9.30 Å². The molecule has 0 fully saturated rings. The van der Waals surface area contributed by atoms with Crippen molar-refractivity contribution in [2.45, 2.75) is 6.42 Å². The maximum atomic E-state index is 12.9. The molecule has 1 unspecified atom stereocenters. The van der Waals surface area contributed by atoms with Crippen LogP contribution in [0.15, 0.2) is 36.4 Å². The summed E-state index contributed by atoms with van der Waals surface area (Å²) in [6.45, 7) is -0.0697. The third-order valence-corrected chi connectivity index (χ3v) is 6.19. The van der Waals surface area contributed by atoms with E-state index in [1.54, 1.807) is 0 Å². The Kier molecular flexibility index (Phi) is 8.14. The molecule has 172 valence electrons. The molecule has 0 spiro atoms. The van der Waals surface area contributed by atoms with Crippen molar-refractivity contribution in [2.75, 3.05) is 32.3 Å². The Balaban J connectivity index is 1.72. The highest BCUT2D eigenvalue weighted by atomic mass is 31.2. The van der Waals surface area contributed by atoms with E-state index in [1.165, 1.54) is 36.4 Å². The molecule has 1 aliphatic carbocycles. The summed E-state index contributed by atoms with van der Waals surface area (Å²) in [6.07, 6.45) is -0.283. The molecular weight excluding hydrogens is 462 g/mol. The maximum Gasteiger partial charge on any atom is 0.325 e. The number of aliphatic hydroxyl groups is 1. The number of carbonyl (C=O) groups is 2. The van der Waals surface area contributed by atoms with E-state index < -0.39 is 16.0 Å². The van der Waals surface area contributed by atoms with Crippen molar-refractivity contribution < 1.29 is 47.9 Å². The minimum absolute atomic E-state index is 0.0511. The Labute approximate surface area is 184 Å². The zero-order chi connectivity index (χ0) is 23.3. The zero-order valence-electron chi connectivity index (χ0n) is 16.8. The fraction of sp³-hybridized carbons (Fsp3) is 0.300. The monoisotopic (exact) mass is 484 g/mol. The van der Waals surface area contributed by atoms with E-state index in [0.29, 0.717) is 5.75 Å². The fourth-order valence-corrected chi connectivity index (χ4v) is 4.31. The van der Waals surface area contributed by atoms with E-state index in [-0.39, 0.29) is 78.3 Å². The van der Waals surface area contributed by atoms with E-state index in [1.807, 2.05) is 0 Å². The lowest BCUT2D eigenvalue weighted by molar-refractivity contribution is 0.0978. The van der Waals surface area contributed by atoms with E-state index >= 15 is 0 Å². The van der Waals surface area contributed by atoms with Gasteiger partial charge in [0.1, 0.15) is 17.8 Å². The molecule has 0 aromatic heterocycles. The lowest BCUT2D eigenvalue weighted by atomic mass is 9.84. The maximum absolute atomic E-state index is 12.9. The number of ether oxygens (including phenoxy) is 2. The van der Waals surface area contributed by atoms with Crippen molar-refractivity contribution in [1.82, 2.24) is 0 Å². The zero-order valence-corrected chi connectivity index (χ0v) is 18.6. The average molecular weight is 484 g/mol. The van der Waals surface area contributed by atoms with Gasteiger partial charge in [0.15, 0.2) is 11.6 Å². The smallest absolute Gasteiger partial charge is 0.325 e. The van der Waals surface area contributed by atoms with Crippen LogP contribution in [0.1, 0.15) is 38.3 Å². The third-order valence-electron chi connectivity index (χ3n) is 4.47. The van der Waals surface area contributed by atoms with Gasteiger partial charge >= 0.3 is 7.60 Å². The molecule has 12 heteroatoms. The Morgan fingerprint density at radius 1 is 0.875 bits per heavy atom. The average Bonchev–Trinajstić information content (AvgIpc) is 2.74. The Hall–Kier alpha value is -2.16. The molecule has 10 nitrogen and oxygen atoms in total. The van der Waals surface area contributed by atoms with Gasteiger partial charge in [0.2, 0.25) is 0 Å². The van der Waals surface area contributed by atoms with E-state index in [0.717, 1.165) is 0 Å². The van der Waals surface area contributed by atoms with Gasteiger partial charge in [-0.15, -0.1) is 0 Å². The molecule has 0 radical (unpaired) electrons. The molecule has 4 N–H and O–H groups in total. The first-order chi connectivity index (χ1) is 15.2. The van der Waals surface area contributed by atoms with Crippen molar-refractivity contribution in [3.63, 3.8) is 0 Å². The van der Waals surface area contributed by atoms with Crippen LogP contribution in [0.3, 0.4) is 0 Å². The molecular formula is C20H22O10P2. The molecule has 0 amide bonds. The second-order valence-electron chi connectivity index (χ2n) is 6.87. The second kappa shape index (κ2) is 10.6. The molecule has 2 aromatic rings. The van der Waals surface area contributed by atoms with Gasteiger partial charge in [0.05, 0.1) is 26.0 Å². The van der Waals surface area contributed by atoms with Crippen LogP contribution in [0, 0.1) is 0 Å². The molecule has 1 atom stereocenters. The lowest BCUT2D eigenvalue weighted by Crippen LogP contribution is -2.21. The van der Waals surface area contributed by atoms with Crippen molar-refractivity contribution in [2.24, 2.45) is 0 Å². The highest BCUT2D eigenvalue weighted by molar-refractivity contribution is 7.51. The van der Waals surface area contributed by atoms with Gasteiger partial charge in [-0.3, -0.25) is 14.2 Å². The summed E-state index contributed by atoms with van der Waals surface area (Å²) in [7, 11) is -6.08. The van der Waals surface area contributed by atoms with Crippen molar-refractivity contribution in [1.29, 1.82) is 0 Å². The van der Waals surface area contributed by atoms with Crippen molar-refractivity contribution in [3.8, 4) is 11.5 Å². The van der Waals surface area contributed by atoms with Crippen LogP contribution in [0.25, 0.3) is 0 Å². The highest BCUT2D eigenvalue weighted by Gasteiger charge is 2.30. The van der Waals surface area contributed by atoms with Crippen LogP contribution < -0.4 is 9.26 Å². The Bertz CT molecular complexity index is 1050. The van der Waals surface area contributed by atoms with E-state index in [9.17, 15) is 19.0 Å². The predicted molar refractivity (Wildman–Crippen MR) is 114 cm³/mol. The number of ketones is 2. The molecule has 0 heterocycles. The lowest BCUT2D eigenvalue weighted by Gasteiger charge is -2.20. The van der Waals surface area contributed by atoms with E-state index in [2.05, 4.69) is 0 Å². The summed E-state index contributed by atoms with van der Waals surface area (Å²) in [6, 6.07) is 8.72. The first-order valence-electron chi connectivity index (χ1n) is 9.57. The molecule has 32 heavy (non-hydrogen) atoms. The van der Waals surface area contributed by atoms with Crippen LogP contribution in [0.5, 0.6) is 11.5 Å². The van der Waals surface area contributed by atoms with E-state index in [4.69, 9.17) is 28.9 Å². The van der Waals surface area contributed by atoms with Crippen molar-refractivity contribution >= 4 is 27.5 Å². The molecule has 0 aliphatic heterocycles. The van der Waals surface area contributed by atoms with Gasteiger partial charge in [-0.25, -0.2) is 0 Å². The number of fused-ring (bicyclic) bond motifs is 2. The Morgan fingerprint density at radius 2 is 1.47 bits per heavy atom. The van der Waals surface area contributed by atoms with Crippen LogP contribution in [0.2, 0.25) is 0 Å². The summed E-state index contributed by atoms with van der Waals surface area (Å²) >= 11 is 0. The quantitative estimate of drug-likeness (QED) is 0.234. The molecule has 0 bridgehead atoms. The van der Waals surface area contributed by atoms with Crippen LogP contribution in [-0.4, -0.2) is 63.7 Å². The van der Waals surface area contributed by atoms with Crippen LogP contribution in [0.4, 0.5) is 0 Å². The van der Waals surface area contributed by atoms with Crippen molar-refractivity contribution in [3.05, 3.63) is 58.7 Å². The largest absolute Gasteiger partial charge is 0.494 e. The Morgan fingerprint density at radius 3 is 2.06 bits per heavy atom. The first kappa shape index (κ1) is 24.5. The van der Waals surface area contributed by atoms with Crippen LogP contribution >= 0.6 is 16.0 Å². The summed E-state index contributed by atoms with van der Waals surface area (Å²) in [5.41, 5.74) is 0.701. The molecule has 1 aliphatic rings. The molecule has 2 aromatic carbocycles. The fourth-order valence-electron chi connectivity index (χ4n) is 3.07. The second-order valence-corrected chi connectivity index (χ2v) is 9.79. The van der Waals surface area contributed by atoms with Gasteiger partial charge in [0, 0.05) is 22.3 Å². The topological polar surface area (TPSA) is 160 Å². The normalized spacial score (nSPS) is 14.0. The van der Waals surface area contributed by atoms with Gasteiger partial charge < -0.3 is 33.8 Å². The van der Waals surface area contributed by atoms with Gasteiger partial charge in [0.25, 0.3) is 8.38 Å². The minimum Gasteiger partial charge on any atom is -0.494 e. The summed E-state index contributed by atoms with van der Waals surface area (Å²) in [5.74, 6) is -0.237. The molecule has 0 saturated carbocycles. The summed E-state index contributed by atoms with van der Waals surface area (Å²) in [5, 5.41) is 8.69. The predicted octanol–water partition coefficient (Wildman–Crippen LogP) is 2.06. The minimum atomic E-state index is -4.10. The highest BCUT2D eigenvalue weighted by Crippen LogP contribution is 2.37. The summed E-state index contributed by atoms with van der Waals surface area (Å²) < 4.78 is 26.7. The number of benzene rings is 2. The van der Waals surface area contributed by atoms with Gasteiger partial charge in [-0.2, -0.15) is 0 Å². The number of hydrogen-bond donors (Lipinski definition) is 4. The molecule has 3 rings (SSSR count). The first-order valence-corrected chi connectivity index (χ1v) is 12.8. The third kappa shape index (κ3) is 6.21. The van der Waals surface area contributed by atoms with Gasteiger partial charge in [-0.05, 0) is 42.8 Å². The summed E-state index contributed by atoms with van der Waals surface area (Å²) in [4.78, 5) is 53.5. The SMILES string of the molecule is O=C1c2ccc(OP(O)COCCO)cc2C(=O)c2ccc(OCCCP(=O)(O)O)cc21. The number of hydrogen-bond acceptors (Lipinski definition) is 8.